The lowest BCUT2D eigenvalue weighted by atomic mass is 9.88. The highest BCUT2D eigenvalue weighted by atomic mass is 15.2. The van der Waals surface area contributed by atoms with Gasteiger partial charge in [0, 0.05) is 24.8 Å². The SMILES string of the molecule is Cc1ccc(CC2CC(N)CN(c3ccccc3)C2)cc1. The monoisotopic (exact) mass is 280 g/mol. The molecule has 3 rings (SSSR count). The smallest absolute Gasteiger partial charge is 0.0366 e. The fourth-order valence-electron chi connectivity index (χ4n) is 3.30. The highest BCUT2D eigenvalue weighted by Gasteiger charge is 2.25. The first-order chi connectivity index (χ1) is 10.2. The Kier molecular flexibility index (Phi) is 4.26. The van der Waals surface area contributed by atoms with Gasteiger partial charge < -0.3 is 10.6 Å². The summed E-state index contributed by atoms with van der Waals surface area (Å²) in [4.78, 5) is 2.44. The van der Waals surface area contributed by atoms with Gasteiger partial charge in [-0.15, -0.1) is 0 Å². The van der Waals surface area contributed by atoms with Gasteiger partial charge in [0.25, 0.3) is 0 Å². The molecule has 0 amide bonds. The molecule has 1 aliphatic rings. The van der Waals surface area contributed by atoms with E-state index in [-0.39, 0.29) is 6.04 Å². The van der Waals surface area contributed by atoms with Gasteiger partial charge in [0.1, 0.15) is 0 Å². The molecule has 1 heterocycles. The summed E-state index contributed by atoms with van der Waals surface area (Å²) in [5, 5.41) is 0. The zero-order valence-corrected chi connectivity index (χ0v) is 12.7. The molecule has 2 heteroatoms. The Morgan fingerprint density at radius 3 is 2.43 bits per heavy atom. The fourth-order valence-corrected chi connectivity index (χ4v) is 3.30. The molecule has 21 heavy (non-hydrogen) atoms. The molecular formula is C19H24N2. The van der Waals surface area contributed by atoms with Crippen LogP contribution in [-0.4, -0.2) is 19.1 Å². The first-order valence-corrected chi connectivity index (χ1v) is 7.82. The van der Waals surface area contributed by atoms with Gasteiger partial charge >= 0.3 is 0 Å². The maximum absolute atomic E-state index is 6.29. The van der Waals surface area contributed by atoms with E-state index in [2.05, 4.69) is 66.4 Å². The first kappa shape index (κ1) is 14.2. The number of aryl methyl sites for hydroxylation is 1. The predicted molar refractivity (Wildman–Crippen MR) is 89.6 cm³/mol. The number of anilines is 1. The second-order valence-electron chi connectivity index (χ2n) is 6.29. The third-order valence-corrected chi connectivity index (χ3v) is 4.34. The van der Waals surface area contributed by atoms with Crippen LogP contribution in [-0.2, 0) is 6.42 Å². The van der Waals surface area contributed by atoms with Gasteiger partial charge in [-0.2, -0.15) is 0 Å². The maximum atomic E-state index is 6.29. The molecule has 0 aromatic heterocycles. The van der Waals surface area contributed by atoms with E-state index in [4.69, 9.17) is 5.73 Å². The zero-order valence-electron chi connectivity index (χ0n) is 12.7. The summed E-state index contributed by atoms with van der Waals surface area (Å²) in [6.45, 7) is 4.21. The van der Waals surface area contributed by atoms with Crippen LogP contribution < -0.4 is 10.6 Å². The van der Waals surface area contributed by atoms with Crippen LogP contribution in [0.3, 0.4) is 0 Å². The Morgan fingerprint density at radius 2 is 1.71 bits per heavy atom. The Hall–Kier alpha value is -1.80. The highest BCUT2D eigenvalue weighted by molar-refractivity contribution is 5.46. The van der Waals surface area contributed by atoms with Crippen LogP contribution in [0.4, 0.5) is 5.69 Å². The number of nitrogens with two attached hydrogens (primary N) is 1. The van der Waals surface area contributed by atoms with Crippen LogP contribution in [0.2, 0.25) is 0 Å². The van der Waals surface area contributed by atoms with E-state index in [0.717, 1.165) is 25.9 Å². The lowest BCUT2D eigenvalue weighted by molar-refractivity contribution is 0.374. The Labute approximate surface area is 127 Å². The third-order valence-electron chi connectivity index (χ3n) is 4.34. The van der Waals surface area contributed by atoms with E-state index >= 15 is 0 Å². The van der Waals surface area contributed by atoms with Gasteiger partial charge in [-0.1, -0.05) is 48.0 Å². The van der Waals surface area contributed by atoms with E-state index in [1.54, 1.807) is 0 Å². The topological polar surface area (TPSA) is 29.3 Å². The van der Waals surface area contributed by atoms with Gasteiger partial charge in [0.2, 0.25) is 0 Å². The molecule has 0 saturated carbocycles. The molecular weight excluding hydrogens is 256 g/mol. The molecule has 2 atom stereocenters. The Morgan fingerprint density at radius 1 is 1.00 bits per heavy atom. The van der Waals surface area contributed by atoms with Crippen molar-refractivity contribution in [3.05, 3.63) is 65.7 Å². The number of benzene rings is 2. The van der Waals surface area contributed by atoms with Crippen molar-refractivity contribution in [2.24, 2.45) is 11.7 Å². The van der Waals surface area contributed by atoms with Crippen molar-refractivity contribution < 1.29 is 0 Å². The molecule has 0 radical (unpaired) electrons. The van der Waals surface area contributed by atoms with Crippen molar-refractivity contribution >= 4 is 5.69 Å². The Balaban J connectivity index is 1.70. The lowest BCUT2D eigenvalue weighted by Crippen LogP contribution is -2.47. The molecule has 0 aliphatic carbocycles. The van der Waals surface area contributed by atoms with Crippen molar-refractivity contribution in [2.75, 3.05) is 18.0 Å². The molecule has 2 aromatic rings. The number of nitrogens with zero attached hydrogens (tertiary/aromatic N) is 1. The van der Waals surface area contributed by atoms with Crippen LogP contribution in [0.5, 0.6) is 0 Å². The number of hydrogen-bond acceptors (Lipinski definition) is 2. The second kappa shape index (κ2) is 6.31. The van der Waals surface area contributed by atoms with Crippen LogP contribution in [0.25, 0.3) is 0 Å². The van der Waals surface area contributed by atoms with Crippen LogP contribution in [0, 0.1) is 12.8 Å². The average Bonchev–Trinajstić information content (AvgIpc) is 2.50. The fraction of sp³-hybridized carbons (Fsp3) is 0.368. The first-order valence-electron chi connectivity index (χ1n) is 7.82. The average molecular weight is 280 g/mol. The molecule has 1 saturated heterocycles. The number of para-hydroxylation sites is 1. The standard InChI is InChI=1S/C19H24N2/c1-15-7-9-16(10-8-15)11-17-12-18(20)14-21(13-17)19-5-3-2-4-6-19/h2-10,17-18H,11-14,20H2,1H3. The van der Waals surface area contributed by atoms with Gasteiger partial charge in [0.05, 0.1) is 0 Å². The quantitative estimate of drug-likeness (QED) is 0.934. The van der Waals surface area contributed by atoms with Crippen molar-refractivity contribution in [1.82, 2.24) is 0 Å². The molecule has 2 unspecified atom stereocenters. The summed E-state index contributed by atoms with van der Waals surface area (Å²) in [6, 6.07) is 19.8. The summed E-state index contributed by atoms with van der Waals surface area (Å²) in [5.74, 6) is 0.636. The number of rotatable bonds is 3. The number of piperidine rings is 1. The molecule has 1 fully saturated rings. The van der Waals surface area contributed by atoms with Crippen molar-refractivity contribution in [1.29, 1.82) is 0 Å². The Bertz CT molecular complexity index is 562. The summed E-state index contributed by atoms with van der Waals surface area (Å²) < 4.78 is 0. The molecule has 2 N–H and O–H groups in total. The molecule has 2 aromatic carbocycles. The minimum absolute atomic E-state index is 0.273. The molecule has 1 aliphatic heterocycles. The molecule has 0 bridgehead atoms. The maximum Gasteiger partial charge on any atom is 0.0366 e. The molecule has 110 valence electrons. The summed E-state index contributed by atoms with van der Waals surface area (Å²) in [6.07, 6.45) is 2.24. The minimum Gasteiger partial charge on any atom is -0.370 e. The largest absolute Gasteiger partial charge is 0.370 e. The summed E-state index contributed by atoms with van der Waals surface area (Å²) in [7, 11) is 0. The van der Waals surface area contributed by atoms with Crippen molar-refractivity contribution in [2.45, 2.75) is 25.8 Å². The van der Waals surface area contributed by atoms with E-state index in [1.807, 2.05) is 0 Å². The van der Waals surface area contributed by atoms with Crippen LogP contribution in [0.15, 0.2) is 54.6 Å². The van der Waals surface area contributed by atoms with E-state index < -0.39 is 0 Å². The second-order valence-corrected chi connectivity index (χ2v) is 6.29. The summed E-state index contributed by atoms with van der Waals surface area (Å²) in [5.41, 5.74) is 10.3. The minimum atomic E-state index is 0.273. The van der Waals surface area contributed by atoms with E-state index in [0.29, 0.717) is 5.92 Å². The lowest BCUT2D eigenvalue weighted by Gasteiger charge is -2.38. The van der Waals surface area contributed by atoms with Crippen molar-refractivity contribution in [3.63, 3.8) is 0 Å². The number of hydrogen-bond donors (Lipinski definition) is 1. The van der Waals surface area contributed by atoms with E-state index in [9.17, 15) is 0 Å². The van der Waals surface area contributed by atoms with Crippen LogP contribution in [0.1, 0.15) is 17.5 Å². The third kappa shape index (κ3) is 3.64. The van der Waals surface area contributed by atoms with Gasteiger partial charge in [-0.25, -0.2) is 0 Å². The van der Waals surface area contributed by atoms with E-state index in [1.165, 1.54) is 16.8 Å². The predicted octanol–water partition coefficient (Wildman–Crippen LogP) is 3.39. The molecule has 2 nitrogen and oxygen atoms in total. The normalized spacial score (nSPS) is 22.3. The highest BCUT2D eigenvalue weighted by Crippen LogP contribution is 2.25. The van der Waals surface area contributed by atoms with Crippen LogP contribution >= 0.6 is 0 Å². The molecule has 0 spiro atoms. The van der Waals surface area contributed by atoms with Crippen molar-refractivity contribution in [3.8, 4) is 0 Å². The summed E-state index contributed by atoms with van der Waals surface area (Å²) >= 11 is 0. The zero-order chi connectivity index (χ0) is 14.7. The van der Waals surface area contributed by atoms with Gasteiger partial charge in [-0.3, -0.25) is 0 Å². The van der Waals surface area contributed by atoms with Gasteiger partial charge in [-0.05, 0) is 43.4 Å². The van der Waals surface area contributed by atoms with Gasteiger partial charge in [0.15, 0.2) is 0 Å².